The van der Waals surface area contributed by atoms with Crippen LogP contribution in [0.3, 0.4) is 0 Å². The lowest BCUT2D eigenvalue weighted by Gasteiger charge is -2.32. The zero-order chi connectivity index (χ0) is 25.2. The van der Waals surface area contributed by atoms with Gasteiger partial charge in [-0.2, -0.15) is 19.6 Å². The van der Waals surface area contributed by atoms with Gasteiger partial charge in [-0.15, -0.1) is 0 Å². The van der Waals surface area contributed by atoms with Crippen molar-refractivity contribution in [2.45, 2.75) is 53.1 Å². The number of carbonyl (C=O) groups excluding carboxylic acids is 1. The van der Waals surface area contributed by atoms with E-state index in [2.05, 4.69) is 70.3 Å². The molecule has 4 aromatic rings. The number of aryl methyl sites for hydroxylation is 3. The van der Waals surface area contributed by atoms with Gasteiger partial charge in [0.2, 0.25) is 5.88 Å². The van der Waals surface area contributed by atoms with Gasteiger partial charge in [0.15, 0.2) is 5.78 Å². The number of benzene rings is 2. The second-order valence-electron chi connectivity index (χ2n) is 9.73. The van der Waals surface area contributed by atoms with Crippen molar-refractivity contribution in [3.63, 3.8) is 0 Å². The number of hydrogen-bond donors (Lipinski definition) is 1. The Bertz CT molecular complexity index is 1360. The van der Waals surface area contributed by atoms with Crippen LogP contribution in [-0.4, -0.2) is 49.4 Å². The maximum Gasteiger partial charge on any atom is 0.257 e. The van der Waals surface area contributed by atoms with Crippen molar-refractivity contribution in [2.24, 2.45) is 0 Å². The Balaban J connectivity index is 1.25. The van der Waals surface area contributed by atoms with Crippen molar-refractivity contribution in [1.82, 2.24) is 24.5 Å². The number of carbonyl (C=O) groups is 1. The topological polar surface area (TPSA) is 84.7 Å². The van der Waals surface area contributed by atoms with E-state index < -0.39 is 0 Å². The fourth-order valence-corrected chi connectivity index (χ4v) is 4.91. The van der Waals surface area contributed by atoms with Gasteiger partial charge < -0.3 is 10.1 Å². The summed E-state index contributed by atoms with van der Waals surface area (Å²) < 4.78 is 7.98. The van der Waals surface area contributed by atoms with Crippen LogP contribution in [0.4, 0.5) is 5.82 Å². The van der Waals surface area contributed by atoms with Crippen LogP contribution in [0.2, 0.25) is 0 Å². The molecule has 0 bridgehead atoms. The molecule has 0 saturated carbocycles. The molecule has 0 unspecified atom stereocenters. The van der Waals surface area contributed by atoms with E-state index in [1.165, 1.54) is 17.5 Å². The van der Waals surface area contributed by atoms with E-state index in [1.54, 1.807) is 11.4 Å². The van der Waals surface area contributed by atoms with Crippen molar-refractivity contribution in [3.05, 3.63) is 76.6 Å². The summed E-state index contributed by atoms with van der Waals surface area (Å²) in [5.74, 6) is 2.76. The van der Waals surface area contributed by atoms with Crippen molar-refractivity contribution in [2.75, 3.05) is 18.4 Å². The summed E-state index contributed by atoms with van der Waals surface area (Å²) in [4.78, 5) is 22.9. The van der Waals surface area contributed by atoms with E-state index in [0.717, 1.165) is 60.7 Å². The first-order chi connectivity index (χ1) is 17.4. The number of hydrogen-bond acceptors (Lipinski definition) is 7. The minimum atomic E-state index is 0.101. The molecule has 186 valence electrons. The Kier molecular flexibility index (Phi) is 6.69. The van der Waals surface area contributed by atoms with E-state index in [9.17, 15) is 4.79 Å². The van der Waals surface area contributed by atoms with Crippen LogP contribution in [0.5, 0.6) is 11.6 Å². The lowest BCUT2D eigenvalue weighted by atomic mass is 10.0. The average molecular weight is 485 g/mol. The summed E-state index contributed by atoms with van der Waals surface area (Å²) in [6, 6.07) is 14.4. The van der Waals surface area contributed by atoms with E-state index in [-0.39, 0.29) is 5.78 Å². The highest BCUT2D eigenvalue weighted by molar-refractivity contribution is 5.94. The highest BCUT2D eigenvalue weighted by atomic mass is 16.5. The number of rotatable bonds is 7. The monoisotopic (exact) mass is 484 g/mol. The predicted molar refractivity (Wildman–Crippen MR) is 140 cm³/mol. The summed E-state index contributed by atoms with van der Waals surface area (Å²) in [7, 11) is 0. The minimum absolute atomic E-state index is 0.101. The van der Waals surface area contributed by atoms with Gasteiger partial charge in [-0.25, -0.2) is 0 Å². The van der Waals surface area contributed by atoms with Crippen molar-refractivity contribution in [1.29, 1.82) is 0 Å². The number of likely N-dealkylation sites (tertiary alicyclic amines) is 1. The van der Waals surface area contributed by atoms with Crippen LogP contribution in [0, 0.1) is 20.8 Å². The van der Waals surface area contributed by atoms with Crippen LogP contribution in [0.15, 0.2) is 48.8 Å². The second-order valence-corrected chi connectivity index (χ2v) is 9.73. The predicted octanol–water partition coefficient (Wildman–Crippen LogP) is 5.12. The van der Waals surface area contributed by atoms with Gasteiger partial charge in [0.25, 0.3) is 5.78 Å². The molecule has 5 rings (SSSR count). The van der Waals surface area contributed by atoms with Gasteiger partial charge >= 0.3 is 0 Å². The minimum Gasteiger partial charge on any atom is -0.438 e. The van der Waals surface area contributed by atoms with E-state index in [1.807, 2.05) is 18.2 Å². The standard InChI is InChI=1S/C28H32N6O2/c1-18-13-19(2)27(20(3)14-18)36-26-15-25(32-28-29-17-30-34(26)28)31-24-9-11-33(12-10-24)16-22-5-7-23(8-6-22)21(4)35/h5-8,13-15,17,24H,9-12,16H2,1-4H3,(H,29,30,31,32). The molecule has 8 heteroatoms. The zero-order valence-corrected chi connectivity index (χ0v) is 21.3. The Morgan fingerprint density at radius 1 is 1.06 bits per heavy atom. The number of nitrogens with zero attached hydrogens (tertiary/aromatic N) is 5. The summed E-state index contributed by atoms with van der Waals surface area (Å²) in [6.45, 7) is 10.7. The highest BCUT2D eigenvalue weighted by Crippen LogP contribution is 2.31. The second kappa shape index (κ2) is 10.1. The molecule has 0 atom stereocenters. The van der Waals surface area contributed by atoms with Gasteiger partial charge in [-0.3, -0.25) is 9.69 Å². The number of piperidine rings is 1. The maximum atomic E-state index is 11.5. The van der Waals surface area contributed by atoms with Gasteiger partial charge in [-0.05, 0) is 57.2 Å². The van der Waals surface area contributed by atoms with Gasteiger partial charge in [-0.1, -0.05) is 42.0 Å². The zero-order valence-electron chi connectivity index (χ0n) is 21.3. The summed E-state index contributed by atoms with van der Waals surface area (Å²) in [5.41, 5.74) is 5.36. The molecule has 0 amide bonds. The SMILES string of the molecule is CC(=O)c1ccc(CN2CCC(Nc3cc(Oc4c(C)cc(C)cc4C)n4ncnc4n3)CC2)cc1. The molecular formula is C28H32N6O2. The van der Waals surface area contributed by atoms with E-state index in [0.29, 0.717) is 17.7 Å². The molecule has 2 aromatic carbocycles. The molecule has 1 aliphatic rings. The molecule has 36 heavy (non-hydrogen) atoms. The number of nitrogens with one attached hydrogen (secondary N) is 1. The average Bonchev–Trinajstić information content (AvgIpc) is 3.32. The summed E-state index contributed by atoms with van der Waals surface area (Å²) in [5, 5.41) is 7.90. The molecular weight excluding hydrogens is 452 g/mol. The Hall–Kier alpha value is -3.78. The van der Waals surface area contributed by atoms with Crippen LogP contribution in [0.25, 0.3) is 5.78 Å². The lowest BCUT2D eigenvalue weighted by Crippen LogP contribution is -2.38. The number of fused-ring (bicyclic) bond motifs is 1. The smallest absolute Gasteiger partial charge is 0.257 e. The van der Waals surface area contributed by atoms with E-state index >= 15 is 0 Å². The molecule has 0 radical (unpaired) electrons. The highest BCUT2D eigenvalue weighted by Gasteiger charge is 2.21. The number of ketones is 1. The summed E-state index contributed by atoms with van der Waals surface area (Å²) in [6.07, 6.45) is 3.52. The van der Waals surface area contributed by atoms with Crippen LogP contribution in [0.1, 0.15) is 52.4 Å². The number of ether oxygens (including phenoxy) is 1. The van der Waals surface area contributed by atoms with Gasteiger partial charge in [0, 0.05) is 37.3 Å². The van der Waals surface area contributed by atoms with Crippen LogP contribution < -0.4 is 10.1 Å². The molecule has 1 fully saturated rings. The Morgan fingerprint density at radius 3 is 2.42 bits per heavy atom. The first kappa shape index (κ1) is 23.9. The van der Waals surface area contributed by atoms with Crippen LogP contribution in [-0.2, 0) is 6.54 Å². The Morgan fingerprint density at radius 2 is 1.75 bits per heavy atom. The third-order valence-electron chi connectivity index (χ3n) is 6.74. The first-order valence-corrected chi connectivity index (χ1v) is 12.4. The van der Waals surface area contributed by atoms with Crippen LogP contribution >= 0.6 is 0 Å². The Labute approximate surface area is 211 Å². The number of Topliss-reactive ketones (excluding diaryl/α,β-unsaturated/α-hetero) is 1. The third kappa shape index (κ3) is 5.23. The van der Waals surface area contributed by atoms with Gasteiger partial charge in [0.05, 0.1) is 0 Å². The quantitative estimate of drug-likeness (QED) is 0.364. The lowest BCUT2D eigenvalue weighted by molar-refractivity contribution is 0.101. The molecule has 0 spiro atoms. The molecule has 3 heterocycles. The first-order valence-electron chi connectivity index (χ1n) is 12.4. The van der Waals surface area contributed by atoms with E-state index in [4.69, 9.17) is 4.74 Å². The molecule has 1 saturated heterocycles. The molecule has 8 nitrogen and oxygen atoms in total. The molecule has 1 N–H and O–H groups in total. The maximum absolute atomic E-state index is 11.5. The fourth-order valence-electron chi connectivity index (χ4n) is 4.91. The van der Waals surface area contributed by atoms with Crippen molar-refractivity contribution < 1.29 is 9.53 Å². The fraction of sp³-hybridized carbons (Fsp3) is 0.357. The van der Waals surface area contributed by atoms with Gasteiger partial charge in [0.1, 0.15) is 17.9 Å². The molecule has 2 aromatic heterocycles. The third-order valence-corrected chi connectivity index (χ3v) is 6.74. The number of anilines is 1. The molecule has 1 aliphatic heterocycles. The van der Waals surface area contributed by atoms with Crippen molar-refractivity contribution >= 4 is 17.4 Å². The molecule has 0 aliphatic carbocycles. The summed E-state index contributed by atoms with van der Waals surface area (Å²) >= 11 is 0. The largest absolute Gasteiger partial charge is 0.438 e. The van der Waals surface area contributed by atoms with Crippen molar-refractivity contribution in [3.8, 4) is 11.6 Å². The normalized spacial score (nSPS) is 14.8. The number of aromatic nitrogens is 4.